The molecule has 0 aromatic heterocycles. The molecule has 2 aliphatic carbocycles. The summed E-state index contributed by atoms with van der Waals surface area (Å²) in [7, 11) is 0. The summed E-state index contributed by atoms with van der Waals surface area (Å²) in [5.74, 6) is -0.303. The third-order valence-corrected chi connectivity index (χ3v) is 5.31. The molecule has 1 aliphatic heterocycles. The first-order valence-corrected chi connectivity index (χ1v) is 7.62. The van der Waals surface area contributed by atoms with Crippen LogP contribution < -0.4 is 0 Å². The molecular formula is C16H17ClO3. The standard InChI is InChI=1S/C16H17ClO3/c17-12-4-1-3-11-14(12)13(18)9-15(11)5-2-6-16(10-15)19-7-8-20-16/h1,3-4H,2,5-10H2. The highest BCUT2D eigenvalue weighted by atomic mass is 35.5. The van der Waals surface area contributed by atoms with Gasteiger partial charge in [-0.25, -0.2) is 0 Å². The van der Waals surface area contributed by atoms with Crippen molar-refractivity contribution in [1.29, 1.82) is 0 Å². The summed E-state index contributed by atoms with van der Waals surface area (Å²) in [6, 6.07) is 5.80. The Bertz CT molecular complexity index is 577. The number of Topliss-reactive ketones (excluding diaryl/α,β-unsaturated/α-hetero) is 1. The van der Waals surface area contributed by atoms with Gasteiger partial charge in [-0.3, -0.25) is 4.79 Å². The summed E-state index contributed by atoms with van der Waals surface area (Å²) >= 11 is 6.23. The van der Waals surface area contributed by atoms with E-state index in [4.69, 9.17) is 21.1 Å². The zero-order valence-corrected chi connectivity index (χ0v) is 12.0. The van der Waals surface area contributed by atoms with Crippen molar-refractivity contribution in [3.8, 4) is 0 Å². The van der Waals surface area contributed by atoms with Gasteiger partial charge in [0, 0.05) is 30.2 Å². The molecule has 1 aromatic carbocycles. The molecule has 1 atom stereocenters. The van der Waals surface area contributed by atoms with Crippen LogP contribution in [0.2, 0.25) is 5.02 Å². The molecule has 4 rings (SSSR count). The second-order valence-corrected chi connectivity index (χ2v) is 6.59. The molecular weight excluding hydrogens is 276 g/mol. The quantitative estimate of drug-likeness (QED) is 0.734. The summed E-state index contributed by atoms with van der Waals surface area (Å²) in [6.07, 6.45) is 4.29. The molecule has 1 aromatic rings. The third kappa shape index (κ3) is 1.70. The lowest BCUT2D eigenvalue weighted by molar-refractivity contribution is -0.190. The topological polar surface area (TPSA) is 35.5 Å². The lowest BCUT2D eigenvalue weighted by Gasteiger charge is -2.43. The summed E-state index contributed by atoms with van der Waals surface area (Å²) < 4.78 is 11.8. The number of halogens is 1. The molecule has 4 heteroatoms. The molecule has 106 valence electrons. The second kappa shape index (κ2) is 4.30. The van der Waals surface area contributed by atoms with Crippen LogP contribution in [-0.4, -0.2) is 24.8 Å². The Morgan fingerprint density at radius 3 is 2.75 bits per heavy atom. The van der Waals surface area contributed by atoms with Crippen molar-refractivity contribution in [2.24, 2.45) is 0 Å². The van der Waals surface area contributed by atoms with E-state index < -0.39 is 5.79 Å². The zero-order valence-electron chi connectivity index (χ0n) is 11.3. The highest BCUT2D eigenvalue weighted by Crippen LogP contribution is 2.54. The van der Waals surface area contributed by atoms with Crippen LogP contribution in [0.4, 0.5) is 0 Å². The summed E-state index contributed by atoms with van der Waals surface area (Å²) in [4.78, 5) is 12.4. The fourth-order valence-electron chi connectivity index (χ4n) is 4.25. The number of rotatable bonds is 0. The normalized spacial score (nSPS) is 31.1. The van der Waals surface area contributed by atoms with Crippen LogP contribution in [-0.2, 0) is 14.9 Å². The van der Waals surface area contributed by atoms with Crippen molar-refractivity contribution in [3.05, 3.63) is 34.3 Å². The van der Waals surface area contributed by atoms with E-state index in [-0.39, 0.29) is 11.2 Å². The smallest absolute Gasteiger partial charge is 0.169 e. The largest absolute Gasteiger partial charge is 0.348 e. The van der Waals surface area contributed by atoms with Gasteiger partial charge >= 0.3 is 0 Å². The molecule has 1 unspecified atom stereocenters. The number of ether oxygens (including phenoxy) is 2. The summed E-state index contributed by atoms with van der Waals surface area (Å²) in [5.41, 5.74) is 1.69. The van der Waals surface area contributed by atoms with Gasteiger partial charge < -0.3 is 9.47 Å². The van der Waals surface area contributed by atoms with Gasteiger partial charge in [-0.15, -0.1) is 0 Å². The molecule has 2 spiro atoms. The maximum absolute atomic E-state index is 12.4. The lowest BCUT2D eigenvalue weighted by Crippen LogP contribution is -2.44. The Morgan fingerprint density at radius 1 is 1.15 bits per heavy atom. The Labute approximate surface area is 123 Å². The van der Waals surface area contributed by atoms with Crippen molar-refractivity contribution in [1.82, 2.24) is 0 Å². The highest BCUT2D eigenvalue weighted by molar-refractivity contribution is 6.34. The molecule has 2 fully saturated rings. The first-order chi connectivity index (χ1) is 9.64. The third-order valence-electron chi connectivity index (χ3n) is 5.00. The number of hydrogen-bond donors (Lipinski definition) is 0. The highest BCUT2D eigenvalue weighted by Gasteiger charge is 2.53. The molecule has 0 radical (unpaired) electrons. The number of fused-ring (bicyclic) bond motifs is 2. The fourth-order valence-corrected chi connectivity index (χ4v) is 4.53. The van der Waals surface area contributed by atoms with Crippen LogP contribution in [0.1, 0.15) is 48.0 Å². The van der Waals surface area contributed by atoms with Gasteiger partial charge in [0.05, 0.1) is 18.2 Å². The van der Waals surface area contributed by atoms with Crippen LogP contribution in [0.25, 0.3) is 0 Å². The molecule has 0 amide bonds. The van der Waals surface area contributed by atoms with Crippen LogP contribution in [0.3, 0.4) is 0 Å². The summed E-state index contributed by atoms with van der Waals surface area (Å²) in [5, 5.41) is 0.581. The van der Waals surface area contributed by atoms with Crippen LogP contribution in [0.5, 0.6) is 0 Å². The van der Waals surface area contributed by atoms with Crippen LogP contribution >= 0.6 is 11.6 Å². The van der Waals surface area contributed by atoms with Crippen LogP contribution in [0.15, 0.2) is 18.2 Å². The van der Waals surface area contributed by atoms with Crippen molar-refractivity contribution >= 4 is 17.4 Å². The molecule has 1 heterocycles. The minimum atomic E-state index is -0.470. The Morgan fingerprint density at radius 2 is 1.95 bits per heavy atom. The monoisotopic (exact) mass is 292 g/mol. The number of benzene rings is 1. The van der Waals surface area contributed by atoms with Crippen molar-refractivity contribution in [3.63, 3.8) is 0 Å². The Balaban J connectivity index is 1.79. The van der Waals surface area contributed by atoms with Crippen LogP contribution in [0, 0.1) is 0 Å². The number of hydrogen-bond acceptors (Lipinski definition) is 3. The van der Waals surface area contributed by atoms with Gasteiger partial charge in [-0.1, -0.05) is 23.7 Å². The summed E-state index contributed by atoms with van der Waals surface area (Å²) in [6.45, 7) is 1.32. The maximum Gasteiger partial charge on any atom is 0.169 e. The Hall–Kier alpha value is -0.900. The SMILES string of the molecule is O=C1CC2(CCCC3(C2)OCCO3)c2cccc(Cl)c21. The first kappa shape index (κ1) is 12.8. The molecule has 3 aliphatic rings. The van der Waals surface area contributed by atoms with E-state index in [0.717, 1.165) is 36.8 Å². The predicted octanol–water partition coefficient (Wildman–Crippen LogP) is 3.48. The second-order valence-electron chi connectivity index (χ2n) is 6.18. The molecule has 3 nitrogen and oxygen atoms in total. The van der Waals surface area contributed by atoms with Gasteiger partial charge in [0.15, 0.2) is 11.6 Å². The number of carbonyl (C=O) groups is 1. The Kier molecular flexibility index (Phi) is 2.75. The fraction of sp³-hybridized carbons (Fsp3) is 0.562. The van der Waals surface area contributed by atoms with E-state index >= 15 is 0 Å². The molecule has 0 N–H and O–H groups in total. The minimum absolute atomic E-state index is 0.139. The van der Waals surface area contributed by atoms with Gasteiger partial charge in [0.1, 0.15) is 0 Å². The van der Waals surface area contributed by atoms with E-state index in [1.54, 1.807) is 6.07 Å². The average molecular weight is 293 g/mol. The van der Waals surface area contributed by atoms with E-state index in [1.807, 2.05) is 6.07 Å². The maximum atomic E-state index is 12.4. The lowest BCUT2D eigenvalue weighted by atomic mass is 9.68. The number of ketones is 1. The molecule has 1 saturated heterocycles. The van der Waals surface area contributed by atoms with E-state index in [1.165, 1.54) is 0 Å². The predicted molar refractivity (Wildman–Crippen MR) is 75.2 cm³/mol. The van der Waals surface area contributed by atoms with Gasteiger partial charge in [-0.05, 0) is 24.5 Å². The average Bonchev–Trinajstić information content (AvgIpc) is 2.95. The van der Waals surface area contributed by atoms with Crippen molar-refractivity contribution < 1.29 is 14.3 Å². The van der Waals surface area contributed by atoms with Gasteiger partial charge in [0.2, 0.25) is 0 Å². The van der Waals surface area contributed by atoms with Gasteiger partial charge in [-0.2, -0.15) is 0 Å². The van der Waals surface area contributed by atoms with Crippen molar-refractivity contribution in [2.45, 2.75) is 43.3 Å². The first-order valence-electron chi connectivity index (χ1n) is 7.24. The minimum Gasteiger partial charge on any atom is -0.348 e. The van der Waals surface area contributed by atoms with E-state index in [0.29, 0.717) is 24.7 Å². The zero-order chi connectivity index (χ0) is 13.8. The number of carbonyl (C=O) groups excluding carboxylic acids is 1. The van der Waals surface area contributed by atoms with Crippen molar-refractivity contribution in [2.75, 3.05) is 13.2 Å². The van der Waals surface area contributed by atoms with E-state index in [2.05, 4.69) is 6.07 Å². The molecule has 0 bridgehead atoms. The van der Waals surface area contributed by atoms with Gasteiger partial charge in [0.25, 0.3) is 0 Å². The van der Waals surface area contributed by atoms with E-state index in [9.17, 15) is 4.79 Å². The molecule has 20 heavy (non-hydrogen) atoms. The molecule has 1 saturated carbocycles.